The molecule has 4 aromatic heterocycles. The Morgan fingerprint density at radius 2 is 1.00 bits per heavy atom. The first-order valence-corrected chi connectivity index (χ1v) is 18.5. The van der Waals surface area contributed by atoms with Crippen LogP contribution in [0.1, 0.15) is 5.56 Å². The zero-order valence-electron chi connectivity index (χ0n) is 29.7. The molecular weight excluding hydrogens is 687 g/mol. The molecule has 0 fully saturated rings. The van der Waals surface area contributed by atoms with Gasteiger partial charge in [0.25, 0.3) is 0 Å². The average Bonchev–Trinajstić information content (AvgIpc) is 3.99. The molecule has 0 amide bonds. The maximum absolute atomic E-state index is 10.9. The lowest BCUT2D eigenvalue weighted by Gasteiger charge is -2.16. The number of rotatable bonds is 3. The van der Waals surface area contributed by atoms with Crippen molar-refractivity contribution in [3.05, 3.63) is 181 Å². The summed E-state index contributed by atoms with van der Waals surface area (Å²) >= 11 is 0. The number of benzene rings is 8. The molecule has 258 valence electrons. The molecular formula is C50H27N5O. The molecule has 0 bridgehead atoms. The van der Waals surface area contributed by atoms with Crippen LogP contribution in [0.5, 0.6) is 0 Å². The fourth-order valence-electron chi connectivity index (χ4n) is 9.16. The van der Waals surface area contributed by atoms with Crippen molar-refractivity contribution < 1.29 is 4.42 Å². The molecule has 0 aliphatic rings. The number of aromatic nitrogens is 3. The van der Waals surface area contributed by atoms with Crippen molar-refractivity contribution in [3.63, 3.8) is 0 Å². The highest BCUT2D eigenvalue weighted by molar-refractivity contribution is 6.24. The van der Waals surface area contributed by atoms with Crippen LogP contribution in [-0.4, -0.2) is 13.7 Å². The highest BCUT2D eigenvalue weighted by Gasteiger charge is 2.23. The minimum atomic E-state index is 0.448. The largest absolute Gasteiger partial charge is 0.455 e. The lowest BCUT2D eigenvalue weighted by molar-refractivity contribution is 0.673. The summed E-state index contributed by atoms with van der Waals surface area (Å²) in [5.74, 6) is 0. The fourth-order valence-corrected chi connectivity index (χ4v) is 9.16. The second-order valence-electron chi connectivity index (χ2n) is 14.3. The Hall–Kier alpha value is -8.06. The van der Waals surface area contributed by atoms with Gasteiger partial charge in [0.2, 0.25) is 5.69 Å². The van der Waals surface area contributed by atoms with Crippen LogP contribution < -0.4 is 0 Å². The topological polar surface area (TPSA) is 56.1 Å². The molecule has 12 aromatic rings. The smallest absolute Gasteiger partial charge is 0.212 e. The molecule has 12 rings (SSSR count). The summed E-state index contributed by atoms with van der Waals surface area (Å²) in [6, 6.07) is 58.7. The zero-order valence-corrected chi connectivity index (χ0v) is 29.7. The van der Waals surface area contributed by atoms with Crippen LogP contribution in [-0.2, 0) is 0 Å². The Morgan fingerprint density at radius 1 is 0.464 bits per heavy atom. The normalized spacial score (nSPS) is 11.9. The number of furan rings is 1. The van der Waals surface area contributed by atoms with Crippen molar-refractivity contribution in [2.24, 2.45) is 0 Å². The van der Waals surface area contributed by atoms with Gasteiger partial charge >= 0.3 is 0 Å². The molecule has 4 heterocycles. The summed E-state index contributed by atoms with van der Waals surface area (Å²) in [5, 5.41) is 19.5. The third-order valence-electron chi connectivity index (χ3n) is 11.5. The molecule has 0 aliphatic heterocycles. The van der Waals surface area contributed by atoms with Crippen LogP contribution in [0.25, 0.3) is 109 Å². The van der Waals surface area contributed by atoms with E-state index < -0.39 is 0 Å². The van der Waals surface area contributed by atoms with E-state index in [-0.39, 0.29) is 0 Å². The fraction of sp³-hybridized carbons (Fsp3) is 0. The summed E-state index contributed by atoms with van der Waals surface area (Å²) in [6.07, 6.45) is 0. The second kappa shape index (κ2) is 11.2. The lowest BCUT2D eigenvalue weighted by atomic mass is 10.1. The van der Waals surface area contributed by atoms with Gasteiger partial charge in [-0.3, -0.25) is 0 Å². The van der Waals surface area contributed by atoms with Crippen LogP contribution in [0, 0.1) is 17.9 Å². The highest BCUT2D eigenvalue weighted by Crippen LogP contribution is 2.44. The SMILES string of the molecule is [C-]#[N+]c1cc(-n2c3ccccc3c3c4oc5ccccc5c4ccc32)c(C#N)cc1-n1c2ccccc2c2cc(-n3c4ccccc4c4ccccc43)ccc21. The van der Waals surface area contributed by atoms with Gasteiger partial charge in [-0.2, -0.15) is 5.26 Å². The van der Waals surface area contributed by atoms with Crippen LogP contribution >= 0.6 is 0 Å². The molecule has 0 saturated carbocycles. The summed E-state index contributed by atoms with van der Waals surface area (Å²) < 4.78 is 13.1. The van der Waals surface area contributed by atoms with Gasteiger partial charge in [0, 0.05) is 43.4 Å². The van der Waals surface area contributed by atoms with Gasteiger partial charge < -0.3 is 18.1 Å². The molecule has 0 atom stereocenters. The second-order valence-corrected chi connectivity index (χ2v) is 14.3. The van der Waals surface area contributed by atoms with Crippen LogP contribution in [0.2, 0.25) is 0 Å². The molecule has 0 N–H and O–H groups in total. The van der Waals surface area contributed by atoms with Gasteiger partial charge in [0.05, 0.1) is 62.0 Å². The van der Waals surface area contributed by atoms with E-state index in [9.17, 15) is 5.26 Å². The molecule has 0 unspecified atom stereocenters. The highest BCUT2D eigenvalue weighted by atomic mass is 16.3. The number of nitrogens with zero attached hydrogens (tertiary/aromatic N) is 5. The predicted molar refractivity (Wildman–Crippen MR) is 228 cm³/mol. The van der Waals surface area contributed by atoms with Crippen molar-refractivity contribution in [2.75, 3.05) is 0 Å². The van der Waals surface area contributed by atoms with Gasteiger partial charge in [-0.15, -0.1) is 0 Å². The standard InChI is InChI=1S/C50H27N5O/c1-52-39-28-46(55-43-20-10-5-16-37(43)49-45(55)25-23-36-35-15-6-11-21-48(35)56-50(36)49)30(29-51)26-47(39)54-42-19-9-4-14-34(42)38-27-31(22-24-44(38)54)53-40-17-7-2-12-32(40)33-13-3-8-18-41(33)53/h2-28H. The molecule has 0 spiro atoms. The maximum Gasteiger partial charge on any atom is 0.212 e. The zero-order chi connectivity index (χ0) is 37.1. The number of para-hydroxylation sites is 5. The van der Waals surface area contributed by atoms with E-state index in [0.717, 1.165) is 82.3 Å². The predicted octanol–water partition coefficient (Wildman–Crippen LogP) is 13.3. The number of hydrogen-bond acceptors (Lipinski definition) is 2. The third-order valence-corrected chi connectivity index (χ3v) is 11.5. The Kier molecular flexibility index (Phi) is 6.10. The molecule has 56 heavy (non-hydrogen) atoms. The quantitative estimate of drug-likeness (QED) is 0.171. The first-order valence-electron chi connectivity index (χ1n) is 18.5. The Bertz CT molecular complexity index is 3690. The summed E-state index contributed by atoms with van der Waals surface area (Å²) in [5.41, 5.74) is 11.0. The van der Waals surface area contributed by atoms with E-state index in [1.54, 1.807) is 0 Å². The van der Waals surface area contributed by atoms with Gasteiger partial charge in [-0.25, -0.2) is 4.85 Å². The third kappa shape index (κ3) is 3.97. The van der Waals surface area contributed by atoms with Crippen LogP contribution in [0.3, 0.4) is 0 Å². The van der Waals surface area contributed by atoms with E-state index in [4.69, 9.17) is 11.0 Å². The van der Waals surface area contributed by atoms with Crippen molar-refractivity contribution in [1.29, 1.82) is 5.26 Å². The molecule has 8 aromatic carbocycles. The first-order chi connectivity index (χ1) is 27.7. The number of hydrogen-bond donors (Lipinski definition) is 0. The molecule has 6 nitrogen and oxygen atoms in total. The van der Waals surface area contributed by atoms with Crippen molar-refractivity contribution >= 4 is 93.0 Å². The molecule has 0 aliphatic carbocycles. The van der Waals surface area contributed by atoms with Gasteiger partial charge in [-0.05, 0) is 72.8 Å². The minimum Gasteiger partial charge on any atom is -0.455 e. The molecule has 6 heteroatoms. The van der Waals surface area contributed by atoms with Gasteiger partial charge in [0.15, 0.2) is 0 Å². The van der Waals surface area contributed by atoms with Crippen LogP contribution in [0.15, 0.2) is 168 Å². The van der Waals surface area contributed by atoms with Gasteiger partial charge in [-0.1, -0.05) is 91.0 Å². The average molecular weight is 714 g/mol. The Morgan fingerprint density at radius 3 is 1.68 bits per heavy atom. The Balaban J connectivity index is 1.11. The summed E-state index contributed by atoms with van der Waals surface area (Å²) in [7, 11) is 0. The van der Waals surface area contributed by atoms with E-state index >= 15 is 0 Å². The van der Waals surface area contributed by atoms with E-state index in [1.807, 2.05) is 48.5 Å². The van der Waals surface area contributed by atoms with E-state index in [1.165, 1.54) is 10.8 Å². The summed E-state index contributed by atoms with van der Waals surface area (Å²) in [6.45, 7) is 8.53. The van der Waals surface area contributed by atoms with E-state index in [2.05, 4.69) is 140 Å². The number of fused-ring (bicyclic) bond motifs is 13. The number of nitriles is 1. The first kappa shape index (κ1) is 30.4. The lowest BCUT2D eigenvalue weighted by Crippen LogP contribution is -2.01. The van der Waals surface area contributed by atoms with Crippen molar-refractivity contribution in [1.82, 2.24) is 13.7 Å². The summed E-state index contributed by atoms with van der Waals surface area (Å²) in [4.78, 5) is 4.14. The van der Waals surface area contributed by atoms with E-state index in [0.29, 0.717) is 22.6 Å². The van der Waals surface area contributed by atoms with Crippen molar-refractivity contribution in [2.45, 2.75) is 0 Å². The molecule has 0 saturated heterocycles. The monoisotopic (exact) mass is 713 g/mol. The Labute approximate surface area is 319 Å². The van der Waals surface area contributed by atoms with Crippen molar-refractivity contribution in [3.8, 4) is 23.1 Å². The maximum atomic E-state index is 10.9. The minimum absolute atomic E-state index is 0.448. The van der Waals surface area contributed by atoms with Crippen LogP contribution in [0.4, 0.5) is 5.69 Å². The molecule has 0 radical (unpaired) electrons. The van der Waals surface area contributed by atoms with Gasteiger partial charge in [0.1, 0.15) is 17.2 Å².